The van der Waals surface area contributed by atoms with Crippen LogP contribution in [0.3, 0.4) is 0 Å². The van der Waals surface area contributed by atoms with E-state index < -0.39 is 6.10 Å². The second-order valence-corrected chi connectivity index (χ2v) is 5.36. The van der Waals surface area contributed by atoms with Crippen molar-refractivity contribution >= 4 is 17.5 Å². The van der Waals surface area contributed by atoms with E-state index in [4.69, 9.17) is 16.3 Å². The summed E-state index contributed by atoms with van der Waals surface area (Å²) >= 11 is 6.00. The number of carbonyl (C=O) groups is 1. The number of benzene rings is 1. The number of carbonyl (C=O) groups excluding carboxylic acids is 1. The quantitative estimate of drug-likeness (QED) is 0.757. The molecule has 110 valence electrons. The standard InChI is InChI=1S/C14H19ClN2O3/c1-9(20-13-5-3-2-4-11(13)15)7-17-14(19)12-6-10(18)8-16-12/h2-5,9-10,12,16,18H,6-8H2,1H3,(H,17,19)/t9-,10+,12-/m1/s1. The van der Waals surface area contributed by atoms with Crippen LogP contribution in [0.4, 0.5) is 0 Å². The van der Waals surface area contributed by atoms with Gasteiger partial charge < -0.3 is 20.5 Å². The number of β-amino-alcohol motifs (C(OH)–C–C–N with tert-alkyl or cyclic N) is 1. The molecule has 1 amide bonds. The lowest BCUT2D eigenvalue weighted by Crippen LogP contribution is -2.43. The SMILES string of the molecule is C[C@H](CNC(=O)[C@H]1C[C@H](O)CN1)Oc1ccccc1Cl. The topological polar surface area (TPSA) is 70.6 Å². The third-order valence-electron chi connectivity index (χ3n) is 3.15. The minimum Gasteiger partial charge on any atom is -0.487 e. The summed E-state index contributed by atoms with van der Waals surface area (Å²) in [5.41, 5.74) is 0. The Bertz CT molecular complexity index is 469. The summed E-state index contributed by atoms with van der Waals surface area (Å²) in [5, 5.41) is 15.7. The Morgan fingerprint density at radius 2 is 2.35 bits per heavy atom. The molecule has 2 rings (SSSR count). The van der Waals surface area contributed by atoms with Crippen LogP contribution in [0.25, 0.3) is 0 Å². The molecule has 1 saturated heterocycles. The summed E-state index contributed by atoms with van der Waals surface area (Å²) in [7, 11) is 0. The molecule has 3 N–H and O–H groups in total. The molecule has 3 atom stereocenters. The zero-order valence-electron chi connectivity index (χ0n) is 11.3. The average Bonchev–Trinajstić information content (AvgIpc) is 2.85. The molecule has 0 spiro atoms. The van der Waals surface area contributed by atoms with Gasteiger partial charge in [-0.1, -0.05) is 23.7 Å². The molecule has 1 fully saturated rings. The molecular formula is C14H19ClN2O3. The first-order valence-corrected chi connectivity index (χ1v) is 7.04. The first-order valence-electron chi connectivity index (χ1n) is 6.66. The van der Waals surface area contributed by atoms with Gasteiger partial charge in [0, 0.05) is 6.54 Å². The van der Waals surface area contributed by atoms with Crippen LogP contribution < -0.4 is 15.4 Å². The van der Waals surface area contributed by atoms with Crippen molar-refractivity contribution in [2.24, 2.45) is 0 Å². The normalized spacial score (nSPS) is 23.4. The van der Waals surface area contributed by atoms with E-state index in [1.165, 1.54) is 0 Å². The van der Waals surface area contributed by atoms with Crippen LogP contribution in [-0.4, -0.2) is 42.4 Å². The molecule has 0 unspecified atom stereocenters. The van der Waals surface area contributed by atoms with Gasteiger partial charge in [-0.2, -0.15) is 0 Å². The molecule has 1 aliphatic rings. The predicted octanol–water partition coefficient (Wildman–Crippen LogP) is 0.946. The van der Waals surface area contributed by atoms with Crippen LogP contribution in [0.5, 0.6) is 5.75 Å². The fraction of sp³-hybridized carbons (Fsp3) is 0.500. The number of halogens is 1. The molecule has 1 heterocycles. The highest BCUT2D eigenvalue weighted by molar-refractivity contribution is 6.32. The number of hydrogen-bond acceptors (Lipinski definition) is 4. The van der Waals surface area contributed by atoms with Gasteiger partial charge in [0.15, 0.2) is 0 Å². The Hall–Kier alpha value is -1.30. The third kappa shape index (κ3) is 4.10. The Morgan fingerprint density at radius 1 is 1.60 bits per heavy atom. The second kappa shape index (κ2) is 6.92. The van der Waals surface area contributed by atoms with Crippen LogP contribution in [0.2, 0.25) is 5.02 Å². The molecule has 0 aliphatic carbocycles. The lowest BCUT2D eigenvalue weighted by atomic mass is 10.2. The maximum Gasteiger partial charge on any atom is 0.237 e. The van der Waals surface area contributed by atoms with Gasteiger partial charge in [-0.05, 0) is 25.5 Å². The molecule has 1 aliphatic heterocycles. The van der Waals surface area contributed by atoms with Crippen LogP contribution in [-0.2, 0) is 4.79 Å². The van der Waals surface area contributed by atoms with E-state index in [1.54, 1.807) is 12.1 Å². The van der Waals surface area contributed by atoms with Gasteiger partial charge in [0.05, 0.1) is 23.7 Å². The molecule has 20 heavy (non-hydrogen) atoms. The molecule has 0 aromatic heterocycles. The van der Waals surface area contributed by atoms with Crippen LogP contribution in [0.1, 0.15) is 13.3 Å². The van der Waals surface area contributed by atoms with Crippen molar-refractivity contribution in [2.45, 2.75) is 31.6 Å². The summed E-state index contributed by atoms with van der Waals surface area (Å²) in [4.78, 5) is 11.8. The molecule has 0 saturated carbocycles. The fourth-order valence-corrected chi connectivity index (χ4v) is 2.26. The number of aliphatic hydroxyl groups is 1. The highest BCUT2D eigenvalue weighted by Gasteiger charge is 2.27. The number of ether oxygens (including phenoxy) is 1. The molecule has 1 aromatic carbocycles. The molecular weight excluding hydrogens is 280 g/mol. The van der Waals surface area contributed by atoms with Crippen LogP contribution in [0, 0.1) is 0 Å². The van der Waals surface area contributed by atoms with Gasteiger partial charge in [-0.3, -0.25) is 4.79 Å². The van der Waals surface area contributed by atoms with Crippen molar-refractivity contribution in [1.82, 2.24) is 10.6 Å². The Kier molecular flexibility index (Phi) is 5.23. The van der Waals surface area contributed by atoms with E-state index in [2.05, 4.69) is 10.6 Å². The van der Waals surface area contributed by atoms with Crippen molar-refractivity contribution in [2.75, 3.05) is 13.1 Å². The lowest BCUT2D eigenvalue weighted by Gasteiger charge is -2.17. The van der Waals surface area contributed by atoms with E-state index in [0.717, 1.165) is 0 Å². The minimum atomic E-state index is -0.442. The lowest BCUT2D eigenvalue weighted by molar-refractivity contribution is -0.123. The number of nitrogens with one attached hydrogen (secondary N) is 2. The molecule has 0 bridgehead atoms. The van der Waals surface area contributed by atoms with Gasteiger partial charge >= 0.3 is 0 Å². The van der Waals surface area contributed by atoms with Crippen LogP contribution in [0.15, 0.2) is 24.3 Å². The second-order valence-electron chi connectivity index (χ2n) is 4.95. The first-order chi connectivity index (χ1) is 9.56. The van der Waals surface area contributed by atoms with Gasteiger partial charge in [-0.25, -0.2) is 0 Å². The Labute approximate surface area is 123 Å². The largest absolute Gasteiger partial charge is 0.487 e. The van der Waals surface area contributed by atoms with Crippen molar-refractivity contribution in [3.05, 3.63) is 29.3 Å². The third-order valence-corrected chi connectivity index (χ3v) is 3.46. The zero-order chi connectivity index (χ0) is 14.5. The van der Waals surface area contributed by atoms with Gasteiger partial charge in [0.1, 0.15) is 11.9 Å². The van der Waals surface area contributed by atoms with Gasteiger partial charge in [0.25, 0.3) is 0 Å². The van der Waals surface area contributed by atoms with Crippen LogP contribution >= 0.6 is 11.6 Å². The highest BCUT2D eigenvalue weighted by Crippen LogP contribution is 2.24. The minimum absolute atomic E-state index is 0.115. The number of rotatable bonds is 5. The molecule has 6 heteroatoms. The van der Waals surface area contributed by atoms with Crippen molar-refractivity contribution in [3.63, 3.8) is 0 Å². The number of aliphatic hydroxyl groups excluding tert-OH is 1. The number of hydrogen-bond donors (Lipinski definition) is 3. The van der Waals surface area contributed by atoms with E-state index in [-0.39, 0.29) is 18.1 Å². The predicted molar refractivity (Wildman–Crippen MR) is 77.0 cm³/mol. The average molecular weight is 299 g/mol. The Morgan fingerprint density at radius 3 is 3.00 bits per heavy atom. The Balaban J connectivity index is 1.76. The molecule has 5 nitrogen and oxygen atoms in total. The summed E-state index contributed by atoms with van der Waals surface area (Å²) < 4.78 is 5.66. The number of para-hydroxylation sites is 1. The zero-order valence-corrected chi connectivity index (χ0v) is 12.1. The smallest absolute Gasteiger partial charge is 0.237 e. The maximum absolute atomic E-state index is 11.8. The summed E-state index contributed by atoms with van der Waals surface area (Å²) in [5.74, 6) is 0.487. The van der Waals surface area contributed by atoms with E-state index in [1.807, 2.05) is 19.1 Å². The van der Waals surface area contributed by atoms with Crippen molar-refractivity contribution in [3.8, 4) is 5.75 Å². The van der Waals surface area contributed by atoms with Crippen molar-refractivity contribution in [1.29, 1.82) is 0 Å². The van der Waals surface area contributed by atoms with Gasteiger partial charge in [-0.15, -0.1) is 0 Å². The summed E-state index contributed by atoms with van der Waals surface area (Å²) in [6.45, 7) is 2.71. The monoisotopic (exact) mass is 298 g/mol. The first kappa shape index (κ1) is 15.1. The molecule has 1 aromatic rings. The summed E-state index contributed by atoms with van der Waals surface area (Å²) in [6.07, 6.45) is -0.182. The maximum atomic E-state index is 11.8. The van der Waals surface area contributed by atoms with E-state index in [0.29, 0.717) is 30.3 Å². The van der Waals surface area contributed by atoms with Crippen molar-refractivity contribution < 1.29 is 14.6 Å². The van der Waals surface area contributed by atoms with E-state index in [9.17, 15) is 9.90 Å². The summed E-state index contributed by atoms with van der Waals surface area (Å²) in [6, 6.07) is 6.90. The molecule has 0 radical (unpaired) electrons. The highest BCUT2D eigenvalue weighted by atomic mass is 35.5. The number of amides is 1. The fourth-order valence-electron chi connectivity index (χ4n) is 2.08. The van der Waals surface area contributed by atoms with E-state index >= 15 is 0 Å². The van der Waals surface area contributed by atoms with Gasteiger partial charge in [0.2, 0.25) is 5.91 Å².